The Morgan fingerprint density at radius 3 is 2.47 bits per heavy atom. The van der Waals surface area contributed by atoms with Gasteiger partial charge in [-0.3, -0.25) is 14.6 Å². The number of carbonyl (C=O) groups is 1. The van der Waals surface area contributed by atoms with Gasteiger partial charge in [-0.25, -0.2) is 4.79 Å². The number of esters is 1. The fraction of sp³-hybridized carbons (Fsp3) is 0.545. The molecule has 0 saturated heterocycles. The van der Waals surface area contributed by atoms with Crippen LogP contribution in [0.1, 0.15) is 25.1 Å². The van der Waals surface area contributed by atoms with Crippen molar-refractivity contribution in [2.45, 2.75) is 27.2 Å². The normalized spacial score (nSPS) is 10.6. The maximum atomic E-state index is 11.5. The van der Waals surface area contributed by atoms with Crippen LogP contribution in [-0.4, -0.2) is 22.5 Å². The fourth-order valence-corrected chi connectivity index (χ4v) is 1.29. The summed E-state index contributed by atoms with van der Waals surface area (Å²) in [5.74, 6) is -0.228. The van der Waals surface area contributed by atoms with E-state index in [1.807, 2.05) is 13.8 Å². The van der Waals surface area contributed by atoms with E-state index in [4.69, 9.17) is 4.74 Å². The highest BCUT2D eigenvalue weighted by Crippen LogP contribution is 2.00. The van der Waals surface area contributed by atoms with Crippen molar-refractivity contribution in [1.82, 2.24) is 9.97 Å². The Kier molecular flexibility index (Phi) is 4.25. The molecular formula is C11H16N2O4. The predicted octanol–water partition coefficient (Wildman–Crippen LogP) is 0.113. The highest BCUT2D eigenvalue weighted by Gasteiger charge is 2.12. The van der Waals surface area contributed by atoms with Gasteiger partial charge in [0.1, 0.15) is 0 Å². The second kappa shape index (κ2) is 5.47. The van der Waals surface area contributed by atoms with Gasteiger partial charge in [-0.1, -0.05) is 13.8 Å². The maximum absolute atomic E-state index is 11.5. The van der Waals surface area contributed by atoms with E-state index in [0.717, 1.165) is 0 Å². The van der Waals surface area contributed by atoms with Crippen LogP contribution in [0.5, 0.6) is 0 Å². The van der Waals surface area contributed by atoms with E-state index in [9.17, 15) is 14.4 Å². The van der Waals surface area contributed by atoms with E-state index in [0.29, 0.717) is 12.3 Å². The molecule has 1 aromatic heterocycles. The van der Waals surface area contributed by atoms with Crippen LogP contribution in [0, 0.1) is 12.8 Å². The molecule has 0 radical (unpaired) electrons. The van der Waals surface area contributed by atoms with Crippen LogP contribution in [0.2, 0.25) is 0 Å². The Morgan fingerprint density at radius 1 is 1.29 bits per heavy atom. The lowest BCUT2D eigenvalue weighted by atomic mass is 10.2. The van der Waals surface area contributed by atoms with Crippen molar-refractivity contribution < 1.29 is 9.53 Å². The third-order valence-electron chi connectivity index (χ3n) is 2.15. The van der Waals surface area contributed by atoms with Gasteiger partial charge in [0.25, 0.3) is 5.56 Å². The van der Waals surface area contributed by atoms with Crippen molar-refractivity contribution in [3.63, 3.8) is 0 Å². The molecule has 1 heterocycles. The third-order valence-corrected chi connectivity index (χ3v) is 2.15. The first-order valence-electron chi connectivity index (χ1n) is 5.38. The average molecular weight is 240 g/mol. The van der Waals surface area contributed by atoms with E-state index in [1.54, 1.807) is 6.92 Å². The lowest BCUT2D eigenvalue weighted by Gasteiger charge is -2.07. The van der Waals surface area contributed by atoms with Gasteiger partial charge < -0.3 is 9.72 Å². The molecule has 0 unspecified atom stereocenters. The zero-order valence-corrected chi connectivity index (χ0v) is 10.1. The molecule has 0 aliphatic heterocycles. The van der Waals surface area contributed by atoms with Crippen LogP contribution in [0.25, 0.3) is 0 Å². The average Bonchev–Trinajstić information content (AvgIpc) is 2.20. The monoisotopic (exact) mass is 240 g/mol. The Labute approximate surface area is 98.0 Å². The molecule has 17 heavy (non-hydrogen) atoms. The molecule has 6 nitrogen and oxygen atoms in total. The summed E-state index contributed by atoms with van der Waals surface area (Å²) in [7, 11) is 0. The van der Waals surface area contributed by atoms with Crippen molar-refractivity contribution >= 4 is 5.97 Å². The number of hydrogen-bond acceptors (Lipinski definition) is 4. The third kappa shape index (κ3) is 3.90. The van der Waals surface area contributed by atoms with Crippen LogP contribution >= 0.6 is 0 Å². The Hall–Kier alpha value is -1.85. The number of aryl methyl sites for hydroxylation is 1. The van der Waals surface area contributed by atoms with Gasteiger partial charge in [0.05, 0.1) is 13.0 Å². The first-order chi connectivity index (χ1) is 7.90. The van der Waals surface area contributed by atoms with Crippen molar-refractivity contribution in [3.05, 3.63) is 32.1 Å². The fourth-order valence-electron chi connectivity index (χ4n) is 1.29. The van der Waals surface area contributed by atoms with Gasteiger partial charge in [-0.2, -0.15) is 0 Å². The highest BCUT2D eigenvalue weighted by atomic mass is 16.5. The topological polar surface area (TPSA) is 92.0 Å². The van der Waals surface area contributed by atoms with Crippen LogP contribution in [-0.2, 0) is 16.0 Å². The molecule has 0 aromatic carbocycles. The Balaban J connectivity index is 2.79. The number of carbonyl (C=O) groups excluding carboxylic acids is 1. The van der Waals surface area contributed by atoms with Crippen molar-refractivity contribution in [2.75, 3.05) is 6.61 Å². The van der Waals surface area contributed by atoms with E-state index in [-0.39, 0.29) is 17.9 Å². The molecule has 0 aliphatic rings. The molecule has 0 amide bonds. The smallest absolute Gasteiger partial charge is 0.325 e. The van der Waals surface area contributed by atoms with E-state index in [2.05, 4.69) is 9.97 Å². The predicted molar refractivity (Wildman–Crippen MR) is 61.9 cm³/mol. The first-order valence-corrected chi connectivity index (χ1v) is 5.38. The molecule has 2 N–H and O–H groups in total. The number of aromatic nitrogens is 2. The van der Waals surface area contributed by atoms with Crippen LogP contribution in [0.3, 0.4) is 0 Å². The Bertz CT molecular complexity index is 513. The summed E-state index contributed by atoms with van der Waals surface area (Å²) in [6, 6.07) is 0. The summed E-state index contributed by atoms with van der Waals surface area (Å²) in [4.78, 5) is 38.3. The van der Waals surface area contributed by atoms with E-state index in [1.165, 1.54) is 0 Å². The highest BCUT2D eigenvalue weighted by molar-refractivity contribution is 5.72. The van der Waals surface area contributed by atoms with Crippen molar-refractivity contribution in [1.29, 1.82) is 0 Å². The standard InChI is InChI=1S/C11H16N2O4/c1-6(2)5-17-9(14)4-8-7(3)12-11(16)13-10(8)15/h6H,4-5H2,1-3H3,(H2,12,13,15,16). The Morgan fingerprint density at radius 2 is 1.94 bits per heavy atom. The summed E-state index contributed by atoms with van der Waals surface area (Å²) >= 11 is 0. The molecule has 0 aliphatic carbocycles. The van der Waals surface area contributed by atoms with Gasteiger partial charge in [-0.05, 0) is 12.8 Å². The van der Waals surface area contributed by atoms with Gasteiger partial charge in [0, 0.05) is 11.3 Å². The summed E-state index contributed by atoms with van der Waals surface area (Å²) < 4.78 is 4.96. The van der Waals surface area contributed by atoms with E-state index >= 15 is 0 Å². The minimum atomic E-state index is -0.577. The van der Waals surface area contributed by atoms with Crippen molar-refractivity contribution in [3.8, 4) is 0 Å². The van der Waals surface area contributed by atoms with Crippen LogP contribution in [0.4, 0.5) is 0 Å². The van der Waals surface area contributed by atoms with Gasteiger partial charge in [0.15, 0.2) is 0 Å². The molecule has 0 saturated carbocycles. The number of rotatable bonds is 4. The maximum Gasteiger partial charge on any atom is 0.325 e. The second-order valence-corrected chi connectivity index (χ2v) is 4.27. The summed E-state index contributed by atoms with van der Waals surface area (Å²) in [6.07, 6.45) is -0.134. The summed E-state index contributed by atoms with van der Waals surface area (Å²) in [5, 5.41) is 0. The quantitative estimate of drug-likeness (QED) is 0.731. The number of H-pyrrole nitrogens is 2. The molecule has 0 bridgehead atoms. The van der Waals surface area contributed by atoms with Gasteiger partial charge in [0.2, 0.25) is 0 Å². The largest absolute Gasteiger partial charge is 0.465 e. The molecular weight excluding hydrogens is 224 g/mol. The summed E-state index contributed by atoms with van der Waals surface area (Å²) in [5.41, 5.74) is -0.502. The second-order valence-electron chi connectivity index (χ2n) is 4.27. The van der Waals surface area contributed by atoms with Gasteiger partial charge in [-0.15, -0.1) is 0 Å². The number of aromatic amines is 2. The van der Waals surface area contributed by atoms with E-state index < -0.39 is 17.2 Å². The molecule has 0 atom stereocenters. The zero-order valence-electron chi connectivity index (χ0n) is 10.1. The van der Waals surface area contributed by atoms with Crippen LogP contribution in [0.15, 0.2) is 9.59 Å². The number of nitrogens with one attached hydrogen (secondary N) is 2. The zero-order chi connectivity index (χ0) is 13.0. The molecule has 1 rings (SSSR count). The lowest BCUT2D eigenvalue weighted by Crippen LogP contribution is -2.29. The molecule has 6 heteroatoms. The minimum absolute atomic E-state index is 0.134. The van der Waals surface area contributed by atoms with Gasteiger partial charge >= 0.3 is 11.7 Å². The van der Waals surface area contributed by atoms with Crippen LogP contribution < -0.4 is 11.2 Å². The minimum Gasteiger partial charge on any atom is -0.465 e. The summed E-state index contributed by atoms with van der Waals surface area (Å²) in [6.45, 7) is 5.73. The molecule has 0 fully saturated rings. The lowest BCUT2D eigenvalue weighted by molar-refractivity contribution is -0.143. The molecule has 1 aromatic rings. The molecule has 94 valence electrons. The number of hydrogen-bond donors (Lipinski definition) is 2. The SMILES string of the molecule is Cc1[nH]c(=O)[nH]c(=O)c1CC(=O)OCC(C)C. The molecule has 0 spiro atoms. The number of ether oxygens (including phenoxy) is 1. The van der Waals surface area contributed by atoms with Crippen molar-refractivity contribution in [2.24, 2.45) is 5.92 Å². The first kappa shape index (κ1) is 13.2.